The molecule has 0 saturated carbocycles. The number of sulfone groups is 1. The number of carbonyl (C=O) groups is 4. The summed E-state index contributed by atoms with van der Waals surface area (Å²) in [5, 5.41) is 3.71. The maximum absolute atomic E-state index is 14.2. The normalized spacial score (nSPS) is 27.5. The van der Waals surface area contributed by atoms with Gasteiger partial charge in [0.1, 0.15) is 18.5 Å². The van der Waals surface area contributed by atoms with Crippen LogP contribution >= 0.6 is 0 Å². The molecular formula is C35H45NO12S. The Balaban J connectivity index is 1.80. The van der Waals surface area contributed by atoms with E-state index in [2.05, 4.69) is 12.2 Å². The third-order valence-electron chi connectivity index (χ3n) is 8.57. The number of esters is 4. The molecule has 0 aromatic heterocycles. The largest absolute Gasteiger partial charge is 0.463 e. The van der Waals surface area contributed by atoms with E-state index in [4.69, 9.17) is 28.4 Å². The maximum atomic E-state index is 14.2. The van der Waals surface area contributed by atoms with Crippen LogP contribution in [0.1, 0.15) is 84.4 Å². The summed E-state index contributed by atoms with van der Waals surface area (Å²) in [6, 6.07) is 13.8. The molecule has 0 amide bonds. The van der Waals surface area contributed by atoms with E-state index in [1.54, 1.807) is 12.1 Å². The van der Waals surface area contributed by atoms with Crippen molar-refractivity contribution in [3.8, 4) is 5.75 Å². The Morgan fingerprint density at radius 3 is 2.08 bits per heavy atom. The molecule has 2 aromatic rings. The van der Waals surface area contributed by atoms with Crippen molar-refractivity contribution in [1.82, 2.24) is 5.32 Å². The Morgan fingerprint density at radius 1 is 0.857 bits per heavy atom. The van der Waals surface area contributed by atoms with Gasteiger partial charge in [0.25, 0.3) is 0 Å². The molecule has 1 N–H and O–H groups in total. The van der Waals surface area contributed by atoms with Crippen LogP contribution in [0.25, 0.3) is 0 Å². The van der Waals surface area contributed by atoms with Gasteiger partial charge < -0.3 is 28.4 Å². The second-order valence-electron chi connectivity index (χ2n) is 12.4. The number of hydrogen-bond acceptors (Lipinski definition) is 13. The number of hydrogen-bond donors (Lipinski definition) is 1. The third-order valence-corrected chi connectivity index (χ3v) is 10.5. The zero-order chi connectivity index (χ0) is 35.9. The molecule has 0 aliphatic carbocycles. The average molecular weight is 704 g/mol. The molecular weight excluding hydrogens is 658 g/mol. The van der Waals surface area contributed by atoms with E-state index in [1.807, 2.05) is 37.3 Å². The van der Waals surface area contributed by atoms with E-state index >= 15 is 0 Å². The van der Waals surface area contributed by atoms with Crippen LogP contribution in [-0.4, -0.2) is 80.9 Å². The van der Waals surface area contributed by atoms with Gasteiger partial charge >= 0.3 is 23.9 Å². The van der Waals surface area contributed by atoms with Crippen molar-refractivity contribution >= 4 is 33.7 Å². The van der Waals surface area contributed by atoms with Crippen LogP contribution < -0.4 is 10.1 Å². The minimum atomic E-state index is -3.90. The summed E-state index contributed by atoms with van der Waals surface area (Å²) in [4.78, 5) is 48.3. The zero-order valence-corrected chi connectivity index (χ0v) is 29.4. The molecule has 0 spiro atoms. The zero-order valence-electron chi connectivity index (χ0n) is 28.6. The first kappa shape index (κ1) is 37.8. The molecule has 268 valence electrons. The van der Waals surface area contributed by atoms with Crippen LogP contribution in [0.3, 0.4) is 0 Å². The molecule has 1 saturated heterocycles. The predicted molar refractivity (Wildman–Crippen MR) is 175 cm³/mol. The van der Waals surface area contributed by atoms with Gasteiger partial charge in [0.15, 0.2) is 22.0 Å². The Morgan fingerprint density at radius 2 is 1.49 bits per heavy atom. The first-order valence-electron chi connectivity index (χ1n) is 16.3. The second kappa shape index (κ2) is 16.1. The fourth-order valence-corrected chi connectivity index (χ4v) is 8.48. The van der Waals surface area contributed by atoms with E-state index in [0.717, 1.165) is 39.2 Å². The summed E-state index contributed by atoms with van der Waals surface area (Å²) < 4.78 is 62.3. The van der Waals surface area contributed by atoms with Crippen LogP contribution in [0.5, 0.6) is 5.75 Å². The molecule has 0 bridgehead atoms. The van der Waals surface area contributed by atoms with Crippen LogP contribution in [0, 0.1) is 0 Å². The van der Waals surface area contributed by atoms with Crippen molar-refractivity contribution in [1.29, 1.82) is 0 Å². The van der Waals surface area contributed by atoms with Gasteiger partial charge in [-0.05, 0) is 36.1 Å². The van der Waals surface area contributed by atoms with Gasteiger partial charge in [0.05, 0.1) is 16.7 Å². The van der Waals surface area contributed by atoms with Crippen LogP contribution in [-0.2, 0) is 52.7 Å². The highest BCUT2D eigenvalue weighted by Gasteiger charge is 2.53. The summed E-state index contributed by atoms with van der Waals surface area (Å²) in [5.41, 5.74) is 0.727. The van der Waals surface area contributed by atoms with Gasteiger partial charge in [0.2, 0.25) is 12.4 Å². The lowest BCUT2D eigenvalue weighted by Gasteiger charge is -2.43. The van der Waals surface area contributed by atoms with Crippen molar-refractivity contribution in [2.75, 3.05) is 12.4 Å². The molecule has 14 heteroatoms. The van der Waals surface area contributed by atoms with Gasteiger partial charge in [-0.1, -0.05) is 63.1 Å². The lowest BCUT2D eigenvalue weighted by Crippen LogP contribution is -2.63. The van der Waals surface area contributed by atoms with Crippen LogP contribution in [0.2, 0.25) is 0 Å². The lowest BCUT2D eigenvalue weighted by atomic mass is 9.88. The topological polar surface area (TPSA) is 170 Å². The standard InChI is InChI=1S/C35H45NO12S/c1-7-9-17-35(8-2)20-49(41,42)29-18-26(15-16-27(29)30(36-35)25-13-11-10-12-14-25)47-34-33(46-24(6)40)32(45-23(5)39)31(44-22(4)38)28(48-34)19-43-21(3)37/h10-16,18,28,30-34,36H,7-9,17,19-20H2,1-6H3/t28-,30?,31?,32?,33?,34?,35?/m1/s1. The Hall–Kier alpha value is -4.01. The number of nitrogens with one attached hydrogen (secondary N) is 1. The molecule has 2 aliphatic heterocycles. The Bertz CT molecular complexity index is 1610. The van der Waals surface area contributed by atoms with Gasteiger partial charge in [0, 0.05) is 33.2 Å². The van der Waals surface area contributed by atoms with Crippen molar-refractivity contribution < 1.29 is 56.0 Å². The number of fused-ring (bicyclic) bond motifs is 1. The summed E-state index contributed by atoms with van der Waals surface area (Å²) in [5.74, 6) is -3.09. The third kappa shape index (κ3) is 9.37. The van der Waals surface area contributed by atoms with Crippen LogP contribution in [0.4, 0.5) is 0 Å². The van der Waals surface area contributed by atoms with E-state index in [-0.39, 0.29) is 16.4 Å². The average Bonchev–Trinajstić information content (AvgIpc) is 3.13. The molecule has 2 aliphatic rings. The number of ether oxygens (including phenoxy) is 6. The van der Waals surface area contributed by atoms with E-state index in [1.165, 1.54) is 13.0 Å². The molecule has 4 rings (SSSR count). The molecule has 2 heterocycles. The summed E-state index contributed by atoms with van der Waals surface area (Å²) in [6.07, 6.45) is -4.04. The first-order chi connectivity index (χ1) is 23.2. The smallest absolute Gasteiger partial charge is 0.303 e. The lowest BCUT2D eigenvalue weighted by molar-refractivity contribution is -0.288. The minimum absolute atomic E-state index is 0.0487. The summed E-state index contributed by atoms with van der Waals surface area (Å²) >= 11 is 0. The van der Waals surface area contributed by atoms with Gasteiger partial charge in [-0.2, -0.15) is 0 Å². The number of benzene rings is 2. The fraction of sp³-hybridized carbons (Fsp3) is 0.543. The van der Waals surface area contributed by atoms with Crippen molar-refractivity contribution in [3.05, 3.63) is 59.7 Å². The Labute approximate surface area is 286 Å². The van der Waals surface area contributed by atoms with Gasteiger partial charge in [-0.3, -0.25) is 24.5 Å². The van der Waals surface area contributed by atoms with Crippen molar-refractivity contribution in [3.63, 3.8) is 0 Å². The molecule has 6 unspecified atom stereocenters. The number of rotatable bonds is 12. The van der Waals surface area contributed by atoms with Crippen molar-refractivity contribution in [2.45, 2.75) is 114 Å². The first-order valence-corrected chi connectivity index (χ1v) is 18.0. The number of carbonyl (C=O) groups excluding carboxylic acids is 4. The van der Waals surface area contributed by atoms with E-state index in [0.29, 0.717) is 18.4 Å². The monoisotopic (exact) mass is 703 g/mol. The molecule has 2 aromatic carbocycles. The Kier molecular flexibility index (Phi) is 12.4. The second-order valence-corrected chi connectivity index (χ2v) is 14.3. The van der Waals surface area contributed by atoms with Crippen molar-refractivity contribution in [2.24, 2.45) is 0 Å². The predicted octanol–water partition coefficient (Wildman–Crippen LogP) is 3.95. The minimum Gasteiger partial charge on any atom is -0.463 e. The molecule has 1 fully saturated rings. The van der Waals surface area contributed by atoms with E-state index < -0.39 is 82.6 Å². The van der Waals surface area contributed by atoms with Crippen LogP contribution in [0.15, 0.2) is 53.4 Å². The van der Waals surface area contributed by atoms with Gasteiger partial charge in [-0.25, -0.2) is 8.42 Å². The van der Waals surface area contributed by atoms with Gasteiger partial charge in [-0.15, -0.1) is 0 Å². The molecule has 49 heavy (non-hydrogen) atoms. The molecule has 7 atom stereocenters. The fourth-order valence-electron chi connectivity index (χ4n) is 6.33. The summed E-state index contributed by atoms with van der Waals surface area (Å²) in [7, 11) is -3.90. The maximum Gasteiger partial charge on any atom is 0.303 e. The summed E-state index contributed by atoms with van der Waals surface area (Å²) in [6.45, 7) is 8.15. The quantitative estimate of drug-likeness (QED) is 0.249. The highest BCUT2D eigenvalue weighted by Crippen LogP contribution is 2.40. The SMILES string of the molecule is CCCCC1(CC)CS(=O)(=O)c2cc(OC3O[C@H](COC(C)=O)C(OC(C)=O)C(OC(C)=O)C3OC(C)=O)ccc2C(c2ccccc2)N1. The molecule has 0 radical (unpaired) electrons. The highest BCUT2D eigenvalue weighted by molar-refractivity contribution is 7.91. The number of unbranched alkanes of at least 4 members (excludes halogenated alkanes) is 1. The molecule has 13 nitrogen and oxygen atoms in total. The highest BCUT2D eigenvalue weighted by atomic mass is 32.2. The van der Waals surface area contributed by atoms with E-state index in [9.17, 15) is 27.6 Å².